The molecule has 1 aliphatic carbocycles. The monoisotopic (exact) mass is 344 g/mol. The minimum Gasteiger partial charge on any atom is -0.340 e. The van der Waals surface area contributed by atoms with Gasteiger partial charge >= 0.3 is 0 Å². The second kappa shape index (κ2) is 7.82. The first kappa shape index (κ1) is 18.5. The summed E-state index contributed by atoms with van der Waals surface area (Å²) in [6.07, 6.45) is 3.71. The lowest BCUT2D eigenvalue weighted by atomic mass is 9.96. The summed E-state index contributed by atoms with van der Waals surface area (Å²) in [5, 5.41) is 0. The van der Waals surface area contributed by atoms with Gasteiger partial charge in [0.2, 0.25) is 5.91 Å². The van der Waals surface area contributed by atoms with Crippen molar-refractivity contribution in [2.24, 2.45) is 5.73 Å². The Balaban J connectivity index is 0.00000208. The molecular formula is C20H25ClN2O. The Bertz CT molecular complexity index is 681. The zero-order valence-electron chi connectivity index (χ0n) is 14.1. The van der Waals surface area contributed by atoms with Crippen LogP contribution in [0, 0.1) is 0 Å². The van der Waals surface area contributed by atoms with E-state index in [2.05, 4.69) is 24.3 Å². The Kier molecular flexibility index (Phi) is 6.03. The lowest BCUT2D eigenvalue weighted by Crippen LogP contribution is -2.52. The lowest BCUT2D eigenvalue weighted by molar-refractivity contribution is -0.136. The maximum absolute atomic E-state index is 12.7. The molecule has 3 rings (SSSR count). The Hall–Kier alpha value is -1.84. The second-order valence-electron chi connectivity index (χ2n) is 6.55. The van der Waals surface area contributed by atoms with Crippen molar-refractivity contribution >= 4 is 18.3 Å². The van der Waals surface area contributed by atoms with E-state index in [1.165, 1.54) is 11.1 Å². The molecular weight excluding hydrogens is 320 g/mol. The van der Waals surface area contributed by atoms with Crippen molar-refractivity contribution in [1.82, 2.24) is 4.90 Å². The Labute approximate surface area is 150 Å². The summed E-state index contributed by atoms with van der Waals surface area (Å²) in [5.41, 5.74) is 9.15. The number of rotatable bonds is 4. The summed E-state index contributed by atoms with van der Waals surface area (Å²) in [5.74, 6) is 0.0675. The number of hydrogen-bond donors (Lipinski definition) is 1. The minimum absolute atomic E-state index is 0. The summed E-state index contributed by atoms with van der Waals surface area (Å²) in [6.45, 7) is 0.586. The highest BCUT2D eigenvalue weighted by Crippen LogP contribution is 2.30. The fraction of sp³-hybridized carbons (Fsp3) is 0.350. The summed E-state index contributed by atoms with van der Waals surface area (Å²) in [6, 6.07) is 18.5. The SMILES string of the molecule is CN(Cc1ccccc1-c1ccccc1)C(=O)C1(N)CCCC1.Cl. The largest absolute Gasteiger partial charge is 0.340 e. The molecule has 3 nitrogen and oxygen atoms in total. The molecule has 0 unspecified atom stereocenters. The van der Waals surface area contributed by atoms with Gasteiger partial charge in [0.05, 0.1) is 5.54 Å². The maximum atomic E-state index is 12.7. The molecule has 128 valence electrons. The third-order valence-electron chi connectivity index (χ3n) is 4.78. The minimum atomic E-state index is -0.656. The zero-order chi connectivity index (χ0) is 16.3. The van der Waals surface area contributed by atoms with E-state index in [9.17, 15) is 4.79 Å². The number of benzene rings is 2. The van der Waals surface area contributed by atoms with Crippen LogP contribution in [-0.2, 0) is 11.3 Å². The van der Waals surface area contributed by atoms with Gasteiger partial charge in [-0.15, -0.1) is 12.4 Å². The highest BCUT2D eigenvalue weighted by molar-refractivity contribution is 5.86. The van der Waals surface area contributed by atoms with Gasteiger partial charge in [0, 0.05) is 13.6 Å². The van der Waals surface area contributed by atoms with Gasteiger partial charge in [0.1, 0.15) is 0 Å². The van der Waals surface area contributed by atoms with Crippen LogP contribution in [0.15, 0.2) is 54.6 Å². The quantitative estimate of drug-likeness (QED) is 0.911. The van der Waals surface area contributed by atoms with Crippen molar-refractivity contribution < 1.29 is 4.79 Å². The van der Waals surface area contributed by atoms with Gasteiger partial charge in [-0.1, -0.05) is 67.4 Å². The van der Waals surface area contributed by atoms with E-state index in [0.717, 1.165) is 31.2 Å². The van der Waals surface area contributed by atoms with Crippen molar-refractivity contribution in [3.05, 3.63) is 60.2 Å². The van der Waals surface area contributed by atoms with Gasteiger partial charge in [-0.2, -0.15) is 0 Å². The van der Waals surface area contributed by atoms with Crippen LogP contribution in [0.5, 0.6) is 0 Å². The predicted molar refractivity (Wildman–Crippen MR) is 101 cm³/mol. The summed E-state index contributed by atoms with van der Waals surface area (Å²) in [7, 11) is 1.86. The number of likely N-dealkylation sites (N-methyl/N-ethyl adjacent to an activating group) is 1. The highest BCUT2D eigenvalue weighted by atomic mass is 35.5. The number of halogens is 1. The van der Waals surface area contributed by atoms with Crippen molar-refractivity contribution in [2.45, 2.75) is 37.8 Å². The van der Waals surface area contributed by atoms with Crippen molar-refractivity contribution in [1.29, 1.82) is 0 Å². The highest BCUT2D eigenvalue weighted by Gasteiger charge is 2.38. The topological polar surface area (TPSA) is 46.3 Å². The standard InChI is InChI=1S/C20H24N2O.ClH/c1-22(19(23)20(21)13-7-8-14-20)15-17-11-5-6-12-18(17)16-9-3-2-4-10-16;/h2-6,9-12H,7-8,13-15,21H2,1H3;1H. The lowest BCUT2D eigenvalue weighted by Gasteiger charge is -2.29. The molecule has 0 aliphatic heterocycles. The van der Waals surface area contributed by atoms with E-state index in [1.807, 2.05) is 37.4 Å². The third-order valence-corrected chi connectivity index (χ3v) is 4.78. The van der Waals surface area contributed by atoms with E-state index < -0.39 is 5.54 Å². The molecule has 0 radical (unpaired) electrons. The van der Waals surface area contributed by atoms with Crippen molar-refractivity contribution in [2.75, 3.05) is 7.05 Å². The molecule has 1 aliphatic rings. The molecule has 1 fully saturated rings. The van der Waals surface area contributed by atoms with Crippen LogP contribution in [0.3, 0.4) is 0 Å². The second-order valence-corrected chi connectivity index (χ2v) is 6.55. The molecule has 0 aromatic heterocycles. The number of carbonyl (C=O) groups is 1. The first-order valence-corrected chi connectivity index (χ1v) is 8.28. The molecule has 1 saturated carbocycles. The molecule has 0 spiro atoms. The van der Waals surface area contributed by atoms with Crippen LogP contribution in [0.25, 0.3) is 11.1 Å². The molecule has 4 heteroatoms. The molecule has 2 aromatic carbocycles. The van der Waals surface area contributed by atoms with Gasteiger partial charge in [-0.25, -0.2) is 0 Å². The molecule has 0 atom stereocenters. The van der Waals surface area contributed by atoms with Gasteiger partial charge in [-0.3, -0.25) is 4.79 Å². The predicted octanol–water partition coefficient (Wildman–Crippen LogP) is 4.01. The Morgan fingerprint density at radius 2 is 1.62 bits per heavy atom. The van der Waals surface area contributed by atoms with Gasteiger partial charge in [0.15, 0.2) is 0 Å². The number of nitrogens with two attached hydrogens (primary N) is 1. The van der Waals surface area contributed by atoms with Crippen LogP contribution in [0.1, 0.15) is 31.2 Å². The van der Waals surface area contributed by atoms with Crippen LogP contribution in [0.2, 0.25) is 0 Å². The van der Waals surface area contributed by atoms with E-state index in [0.29, 0.717) is 6.54 Å². The summed E-state index contributed by atoms with van der Waals surface area (Å²) < 4.78 is 0. The molecule has 0 heterocycles. The van der Waals surface area contributed by atoms with E-state index in [1.54, 1.807) is 4.90 Å². The fourth-order valence-corrected chi connectivity index (χ4v) is 3.48. The van der Waals surface area contributed by atoms with E-state index >= 15 is 0 Å². The average molecular weight is 345 g/mol. The molecule has 1 amide bonds. The van der Waals surface area contributed by atoms with Gasteiger partial charge in [0.25, 0.3) is 0 Å². The molecule has 0 bridgehead atoms. The fourth-order valence-electron chi connectivity index (χ4n) is 3.48. The molecule has 24 heavy (non-hydrogen) atoms. The number of carbonyl (C=O) groups excluding carboxylic acids is 1. The van der Waals surface area contributed by atoms with Crippen LogP contribution in [0.4, 0.5) is 0 Å². The van der Waals surface area contributed by atoms with E-state index in [4.69, 9.17) is 5.73 Å². The van der Waals surface area contributed by atoms with Crippen LogP contribution >= 0.6 is 12.4 Å². The molecule has 2 N–H and O–H groups in total. The van der Waals surface area contributed by atoms with Gasteiger partial charge < -0.3 is 10.6 Å². The van der Waals surface area contributed by atoms with Crippen LogP contribution in [-0.4, -0.2) is 23.4 Å². The summed E-state index contributed by atoms with van der Waals surface area (Å²) in [4.78, 5) is 14.5. The number of nitrogens with zero attached hydrogens (tertiary/aromatic N) is 1. The summed E-state index contributed by atoms with van der Waals surface area (Å²) >= 11 is 0. The Morgan fingerprint density at radius 3 is 2.29 bits per heavy atom. The number of hydrogen-bond acceptors (Lipinski definition) is 2. The number of amides is 1. The first-order chi connectivity index (χ1) is 11.1. The normalized spacial score (nSPS) is 15.6. The van der Waals surface area contributed by atoms with E-state index in [-0.39, 0.29) is 18.3 Å². The first-order valence-electron chi connectivity index (χ1n) is 8.28. The van der Waals surface area contributed by atoms with Crippen molar-refractivity contribution in [3.8, 4) is 11.1 Å². The zero-order valence-corrected chi connectivity index (χ0v) is 14.9. The molecule has 0 saturated heterocycles. The molecule has 2 aromatic rings. The average Bonchev–Trinajstić information content (AvgIpc) is 3.03. The van der Waals surface area contributed by atoms with Crippen LogP contribution < -0.4 is 5.73 Å². The smallest absolute Gasteiger partial charge is 0.242 e. The maximum Gasteiger partial charge on any atom is 0.242 e. The Morgan fingerprint density at radius 1 is 1.04 bits per heavy atom. The van der Waals surface area contributed by atoms with Crippen molar-refractivity contribution in [3.63, 3.8) is 0 Å². The van der Waals surface area contributed by atoms with Gasteiger partial charge in [-0.05, 0) is 29.5 Å². The third kappa shape index (κ3) is 3.80.